The van der Waals surface area contributed by atoms with Gasteiger partial charge in [0.25, 0.3) is 5.91 Å². The predicted octanol–water partition coefficient (Wildman–Crippen LogP) is 4.38. The van der Waals surface area contributed by atoms with Crippen LogP contribution in [0.25, 0.3) is 6.08 Å². The summed E-state index contributed by atoms with van der Waals surface area (Å²) in [5.41, 5.74) is 1.58. The summed E-state index contributed by atoms with van der Waals surface area (Å²) >= 11 is 1.29. The van der Waals surface area contributed by atoms with Crippen LogP contribution >= 0.6 is 11.8 Å². The number of amidine groups is 1. The van der Waals surface area contributed by atoms with Crippen molar-refractivity contribution in [1.29, 1.82) is 0 Å². The molecule has 0 spiro atoms. The summed E-state index contributed by atoms with van der Waals surface area (Å²) in [5, 5.41) is 3.32. The maximum absolute atomic E-state index is 12.3. The summed E-state index contributed by atoms with van der Waals surface area (Å²) in [6.45, 7) is 3.91. The first kappa shape index (κ1) is 19.8. The maximum Gasteiger partial charge on any atom is 0.264 e. The molecule has 1 heterocycles. The van der Waals surface area contributed by atoms with E-state index in [0.29, 0.717) is 21.6 Å². The van der Waals surface area contributed by atoms with E-state index in [2.05, 4.69) is 10.3 Å². The van der Waals surface area contributed by atoms with Crippen molar-refractivity contribution in [2.45, 2.75) is 20.0 Å². The molecule has 0 aromatic heterocycles. The number of nitrogens with one attached hydrogen (secondary N) is 1. The van der Waals surface area contributed by atoms with Gasteiger partial charge in [0, 0.05) is 0 Å². The quantitative estimate of drug-likeness (QED) is 0.731. The van der Waals surface area contributed by atoms with E-state index in [9.17, 15) is 4.79 Å². The highest BCUT2D eigenvalue weighted by Crippen LogP contribution is 2.32. The number of aliphatic imine (C=N–C) groups is 1. The van der Waals surface area contributed by atoms with Gasteiger partial charge in [0.05, 0.1) is 30.9 Å². The van der Waals surface area contributed by atoms with Crippen LogP contribution in [-0.2, 0) is 4.79 Å². The molecule has 0 radical (unpaired) electrons. The number of rotatable bonds is 6. The number of methoxy groups -OCH3 is 2. The van der Waals surface area contributed by atoms with Crippen molar-refractivity contribution < 1.29 is 19.0 Å². The van der Waals surface area contributed by atoms with Crippen molar-refractivity contribution in [3.8, 4) is 17.2 Å². The Morgan fingerprint density at radius 3 is 2.43 bits per heavy atom. The third kappa shape index (κ3) is 4.86. The molecule has 0 unspecified atom stereocenters. The van der Waals surface area contributed by atoms with Crippen molar-refractivity contribution >= 4 is 34.6 Å². The lowest BCUT2D eigenvalue weighted by Crippen LogP contribution is -2.19. The van der Waals surface area contributed by atoms with Crippen LogP contribution in [0.2, 0.25) is 0 Å². The molecule has 0 saturated carbocycles. The average molecular weight is 398 g/mol. The van der Waals surface area contributed by atoms with Crippen molar-refractivity contribution in [3.05, 3.63) is 52.9 Å². The Bertz CT molecular complexity index is 921. The molecule has 2 aromatic carbocycles. The minimum absolute atomic E-state index is 0.0472. The van der Waals surface area contributed by atoms with Crippen molar-refractivity contribution in [3.63, 3.8) is 0 Å². The number of ether oxygens (including phenoxy) is 3. The van der Waals surface area contributed by atoms with Gasteiger partial charge < -0.3 is 19.5 Å². The molecular formula is C21H22N2O4S. The molecule has 7 heteroatoms. The summed E-state index contributed by atoms with van der Waals surface area (Å²) in [5.74, 6) is 1.87. The SMILES string of the molecule is COc1ccc(N=C2NC(=O)/C(=C/c3ccc(OC(C)C)c(OC)c3)S2)cc1. The lowest BCUT2D eigenvalue weighted by molar-refractivity contribution is -0.115. The fourth-order valence-corrected chi connectivity index (χ4v) is 3.37. The molecule has 1 aliphatic heterocycles. The van der Waals surface area contributed by atoms with E-state index < -0.39 is 0 Å². The molecule has 146 valence electrons. The number of nitrogens with zero attached hydrogens (tertiary/aromatic N) is 1. The van der Waals surface area contributed by atoms with Crippen LogP contribution in [0.4, 0.5) is 5.69 Å². The molecule has 1 amide bonds. The number of amides is 1. The van der Waals surface area contributed by atoms with E-state index in [-0.39, 0.29) is 12.0 Å². The fourth-order valence-electron chi connectivity index (χ4n) is 2.53. The molecule has 0 bridgehead atoms. The Kier molecular flexibility index (Phi) is 6.26. The number of benzene rings is 2. The van der Waals surface area contributed by atoms with E-state index in [1.54, 1.807) is 20.3 Å². The van der Waals surface area contributed by atoms with Crippen molar-refractivity contribution in [2.75, 3.05) is 14.2 Å². The minimum Gasteiger partial charge on any atom is -0.497 e. The molecule has 28 heavy (non-hydrogen) atoms. The fraction of sp³-hybridized carbons (Fsp3) is 0.238. The van der Waals surface area contributed by atoms with E-state index >= 15 is 0 Å². The Balaban J connectivity index is 1.79. The zero-order valence-electron chi connectivity index (χ0n) is 16.2. The first-order valence-electron chi connectivity index (χ1n) is 8.77. The van der Waals surface area contributed by atoms with Gasteiger partial charge in [-0.05, 0) is 73.6 Å². The molecule has 1 saturated heterocycles. The van der Waals surface area contributed by atoms with Crippen LogP contribution in [0, 0.1) is 0 Å². The molecule has 2 aromatic rings. The second-order valence-corrected chi connectivity index (χ2v) is 7.29. The number of hydrogen-bond acceptors (Lipinski definition) is 6. The topological polar surface area (TPSA) is 69.2 Å². The second kappa shape index (κ2) is 8.84. The summed E-state index contributed by atoms with van der Waals surface area (Å²) in [4.78, 5) is 17.3. The number of carbonyl (C=O) groups is 1. The normalized spacial score (nSPS) is 16.5. The molecule has 1 fully saturated rings. The zero-order valence-corrected chi connectivity index (χ0v) is 17.0. The van der Waals surface area contributed by atoms with Crippen LogP contribution in [0.5, 0.6) is 17.2 Å². The molecule has 6 nitrogen and oxygen atoms in total. The Hall–Kier alpha value is -2.93. The van der Waals surface area contributed by atoms with Crippen molar-refractivity contribution in [1.82, 2.24) is 5.32 Å². The van der Waals surface area contributed by atoms with Gasteiger partial charge in [-0.25, -0.2) is 4.99 Å². The van der Waals surface area contributed by atoms with Crippen LogP contribution in [0.15, 0.2) is 52.4 Å². The predicted molar refractivity (Wildman–Crippen MR) is 113 cm³/mol. The Morgan fingerprint density at radius 1 is 1.04 bits per heavy atom. The summed E-state index contributed by atoms with van der Waals surface area (Å²) in [6.07, 6.45) is 1.85. The highest BCUT2D eigenvalue weighted by molar-refractivity contribution is 8.18. The minimum atomic E-state index is -0.182. The monoisotopic (exact) mass is 398 g/mol. The second-order valence-electron chi connectivity index (χ2n) is 6.26. The van der Waals surface area contributed by atoms with Crippen molar-refractivity contribution in [2.24, 2.45) is 4.99 Å². The van der Waals surface area contributed by atoms with Gasteiger partial charge in [-0.2, -0.15) is 0 Å². The maximum atomic E-state index is 12.3. The van der Waals surface area contributed by atoms with Crippen LogP contribution in [-0.4, -0.2) is 31.4 Å². The van der Waals surface area contributed by atoms with E-state index in [1.807, 2.05) is 56.3 Å². The molecule has 0 atom stereocenters. The van der Waals surface area contributed by atoms with Gasteiger partial charge in [-0.15, -0.1) is 0 Å². The summed E-state index contributed by atoms with van der Waals surface area (Å²) in [6, 6.07) is 12.9. The molecule has 3 rings (SSSR count). The Morgan fingerprint density at radius 2 is 1.79 bits per heavy atom. The standard InChI is InChI=1S/C21H22N2O4S/c1-13(2)27-17-10-5-14(11-18(17)26-4)12-19-20(24)23-21(28-19)22-15-6-8-16(25-3)9-7-15/h5-13H,1-4H3,(H,22,23,24)/b19-12-. The third-order valence-electron chi connectivity index (χ3n) is 3.80. The first-order chi connectivity index (χ1) is 13.5. The molecule has 1 aliphatic rings. The van der Waals surface area contributed by atoms with E-state index in [0.717, 1.165) is 17.0 Å². The first-order valence-corrected chi connectivity index (χ1v) is 9.58. The van der Waals surface area contributed by atoms with Gasteiger partial charge in [-0.1, -0.05) is 6.07 Å². The van der Waals surface area contributed by atoms with Gasteiger partial charge in [-0.3, -0.25) is 4.79 Å². The van der Waals surface area contributed by atoms with E-state index in [4.69, 9.17) is 14.2 Å². The highest BCUT2D eigenvalue weighted by atomic mass is 32.2. The van der Waals surface area contributed by atoms with Crippen LogP contribution < -0.4 is 19.5 Å². The average Bonchev–Trinajstić information content (AvgIpc) is 3.02. The molecule has 1 N–H and O–H groups in total. The van der Waals surface area contributed by atoms with Gasteiger partial charge in [0.2, 0.25) is 0 Å². The highest BCUT2D eigenvalue weighted by Gasteiger charge is 2.24. The molecular weight excluding hydrogens is 376 g/mol. The van der Waals surface area contributed by atoms with Crippen LogP contribution in [0.3, 0.4) is 0 Å². The smallest absolute Gasteiger partial charge is 0.264 e. The Labute approximate surface area is 168 Å². The molecule has 0 aliphatic carbocycles. The number of hydrogen-bond donors (Lipinski definition) is 1. The third-order valence-corrected chi connectivity index (χ3v) is 4.71. The number of thioether (sulfide) groups is 1. The number of carbonyl (C=O) groups excluding carboxylic acids is 1. The van der Waals surface area contributed by atoms with Gasteiger partial charge in [0.15, 0.2) is 16.7 Å². The summed E-state index contributed by atoms with van der Waals surface area (Å²) in [7, 11) is 3.21. The van der Waals surface area contributed by atoms with E-state index in [1.165, 1.54) is 11.8 Å². The summed E-state index contributed by atoms with van der Waals surface area (Å²) < 4.78 is 16.3. The lowest BCUT2D eigenvalue weighted by atomic mass is 10.2. The lowest BCUT2D eigenvalue weighted by Gasteiger charge is -2.13. The van der Waals surface area contributed by atoms with Crippen LogP contribution in [0.1, 0.15) is 19.4 Å². The van der Waals surface area contributed by atoms with Gasteiger partial charge >= 0.3 is 0 Å². The zero-order chi connectivity index (χ0) is 20.1. The van der Waals surface area contributed by atoms with Gasteiger partial charge in [0.1, 0.15) is 5.75 Å². The largest absolute Gasteiger partial charge is 0.497 e.